The molecule has 1 rings (SSSR count). The molecule has 1 atom stereocenters. The van der Waals surface area contributed by atoms with Crippen LogP contribution >= 0.6 is 12.6 Å². The van der Waals surface area contributed by atoms with E-state index in [1.165, 1.54) is 0 Å². The Morgan fingerprint density at radius 1 is 1.46 bits per heavy atom. The van der Waals surface area contributed by atoms with Crippen LogP contribution in [0.25, 0.3) is 0 Å². The van der Waals surface area contributed by atoms with E-state index in [1.807, 2.05) is 13.8 Å². The van der Waals surface area contributed by atoms with Gasteiger partial charge in [-0.15, -0.1) is 0 Å². The van der Waals surface area contributed by atoms with Crippen LogP contribution in [0, 0.1) is 5.92 Å². The summed E-state index contributed by atoms with van der Waals surface area (Å²) in [6.07, 6.45) is 2.93. The Hall–Kier alpha value is -0.220. The highest BCUT2D eigenvalue weighted by atomic mass is 32.1. The van der Waals surface area contributed by atoms with Crippen molar-refractivity contribution in [2.75, 3.05) is 13.1 Å². The Morgan fingerprint density at radius 2 is 2.00 bits per heavy atom. The number of nitrogens with one attached hydrogen (secondary N) is 2. The van der Waals surface area contributed by atoms with Crippen molar-refractivity contribution >= 4 is 19.0 Å². The average molecular weight is 204 g/mol. The van der Waals surface area contributed by atoms with Gasteiger partial charge in [-0.3, -0.25) is 4.79 Å². The van der Waals surface area contributed by atoms with Gasteiger partial charge in [-0.2, -0.15) is 12.6 Å². The zero-order valence-corrected chi connectivity index (χ0v) is 9.31. The van der Waals surface area contributed by atoms with Crippen LogP contribution in [0.15, 0.2) is 0 Å². The number of hydrogen-bond acceptors (Lipinski definition) is 3. The van der Waals surface area contributed by atoms with E-state index in [4.69, 9.17) is 0 Å². The van der Waals surface area contributed by atoms with Crippen LogP contribution in [0.1, 0.15) is 26.7 Å². The third-order valence-electron chi connectivity index (χ3n) is 2.07. The maximum atomic E-state index is 10.1. The molecule has 1 aliphatic heterocycles. The fourth-order valence-corrected chi connectivity index (χ4v) is 1.72. The smallest absolute Gasteiger partial charge is 0.207 e. The molecule has 0 saturated carbocycles. The summed E-state index contributed by atoms with van der Waals surface area (Å²) in [4.78, 5) is 10.1. The minimum absolute atomic E-state index is 0.0367. The van der Waals surface area contributed by atoms with Crippen molar-refractivity contribution in [3.8, 4) is 0 Å². The third-order valence-corrected chi connectivity index (χ3v) is 2.64. The van der Waals surface area contributed by atoms with Crippen molar-refractivity contribution in [3.05, 3.63) is 0 Å². The first-order chi connectivity index (χ1) is 6.34. The molecule has 78 valence electrons. The molecule has 2 N–H and O–H groups in total. The lowest BCUT2D eigenvalue weighted by Gasteiger charge is -2.26. The second-order valence-corrected chi connectivity index (χ2v) is 3.37. The number of carbonyl (C=O) groups is 1. The van der Waals surface area contributed by atoms with Gasteiger partial charge < -0.3 is 10.6 Å². The molecule has 0 aliphatic carbocycles. The molecule has 0 aromatic heterocycles. The van der Waals surface area contributed by atoms with E-state index in [2.05, 4.69) is 23.3 Å². The van der Waals surface area contributed by atoms with E-state index in [0.29, 0.717) is 5.92 Å². The Balaban J connectivity index is 0.000000671. The number of rotatable bonds is 3. The van der Waals surface area contributed by atoms with E-state index in [1.54, 1.807) is 0 Å². The van der Waals surface area contributed by atoms with Gasteiger partial charge in [0, 0.05) is 0 Å². The molecule has 1 unspecified atom stereocenters. The summed E-state index contributed by atoms with van der Waals surface area (Å²) >= 11 is 4.28. The van der Waals surface area contributed by atoms with Gasteiger partial charge in [-0.1, -0.05) is 13.8 Å². The molecule has 4 heteroatoms. The summed E-state index contributed by atoms with van der Waals surface area (Å²) in [5, 5.41) is 5.97. The van der Waals surface area contributed by atoms with Crippen LogP contribution < -0.4 is 10.6 Å². The molecular formula is C9H20N2OS. The first kappa shape index (κ1) is 12.8. The Kier molecular flexibility index (Phi) is 8.24. The third kappa shape index (κ3) is 5.16. The summed E-state index contributed by atoms with van der Waals surface area (Å²) in [7, 11) is 0. The molecule has 1 saturated heterocycles. The van der Waals surface area contributed by atoms with E-state index in [9.17, 15) is 4.79 Å². The lowest BCUT2D eigenvalue weighted by Crippen LogP contribution is -2.38. The molecule has 3 nitrogen and oxygen atoms in total. The highest BCUT2D eigenvalue weighted by Gasteiger charge is 2.19. The van der Waals surface area contributed by atoms with Crippen LogP contribution in [-0.2, 0) is 4.79 Å². The molecule has 0 bridgehead atoms. The van der Waals surface area contributed by atoms with Crippen molar-refractivity contribution in [3.63, 3.8) is 0 Å². The zero-order valence-electron chi connectivity index (χ0n) is 8.42. The van der Waals surface area contributed by atoms with Crippen molar-refractivity contribution < 1.29 is 4.79 Å². The zero-order chi connectivity index (χ0) is 10.1. The van der Waals surface area contributed by atoms with Gasteiger partial charge in [0.1, 0.15) is 0 Å². The van der Waals surface area contributed by atoms with E-state index in [-0.39, 0.29) is 5.37 Å². The normalized spacial score (nSPS) is 19.6. The van der Waals surface area contributed by atoms with Gasteiger partial charge in [0.05, 0.1) is 5.37 Å². The van der Waals surface area contributed by atoms with Crippen LogP contribution in [0.5, 0.6) is 0 Å². The highest BCUT2D eigenvalue weighted by Crippen LogP contribution is 2.17. The summed E-state index contributed by atoms with van der Waals surface area (Å²) in [6, 6.07) is 0. The molecule has 13 heavy (non-hydrogen) atoms. The van der Waals surface area contributed by atoms with Crippen LogP contribution in [0.4, 0.5) is 0 Å². The number of hydrogen-bond donors (Lipinski definition) is 3. The summed E-state index contributed by atoms with van der Waals surface area (Å²) in [5.74, 6) is 0.532. The quantitative estimate of drug-likeness (QED) is 0.365. The number of amides is 1. The molecule has 1 heterocycles. The number of thiol groups is 1. The molecule has 0 spiro atoms. The largest absolute Gasteiger partial charge is 0.347 e. The molecule has 0 radical (unpaired) electrons. The molecule has 0 aromatic rings. The predicted octanol–water partition coefficient (Wildman–Crippen LogP) is 1.01. The predicted molar refractivity (Wildman–Crippen MR) is 58.9 cm³/mol. The van der Waals surface area contributed by atoms with Crippen molar-refractivity contribution in [1.29, 1.82) is 0 Å². The summed E-state index contributed by atoms with van der Waals surface area (Å²) in [5.41, 5.74) is 0. The molecule has 1 aliphatic rings. The maximum absolute atomic E-state index is 10.1. The van der Waals surface area contributed by atoms with Crippen molar-refractivity contribution in [2.45, 2.75) is 32.1 Å². The Morgan fingerprint density at radius 3 is 2.46 bits per heavy atom. The first-order valence-electron chi connectivity index (χ1n) is 4.93. The monoisotopic (exact) mass is 204 g/mol. The molecule has 1 fully saturated rings. The van der Waals surface area contributed by atoms with Gasteiger partial charge in [-0.05, 0) is 31.8 Å². The fourth-order valence-electron chi connectivity index (χ4n) is 1.37. The number of piperidine rings is 1. The standard InChI is InChI=1S/C7H14N2OS.C2H6/c10-5-9-7(11)6-1-3-8-4-2-6;1-2/h5-8,11H,1-4H2,(H,9,10);1-2H3. The molecular weight excluding hydrogens is 184 g/mol. The highest BCUT2D eigenvalue weighted by molar-refractivity contribution is 7.80. The molecule has 0 aromatic carbocycles. The number of carbonyl (C=O) groups excluding carboxylic acids is 1. The van der Waals surface area contributed by atoms with Gasteiger partial charge in [0.2, 0.25) is 6.41 Å². The second-order valence-electron chi connectivity index (χ2n) is 2.82. The van der Waals surface area contributed by atoms with E-state index >= 15 is 0 Å². The summed E-state index contributed by atoms with van der Waals surface area (Å²) < 4.78 is 0. The van der Waals surface area contributed by atoms with Gasteiger partial charge in [0.25, 0.3) is 0 Å². The molecule has 1 amide bonds. The average Bonchev–Trinajstić information content (AvgIpc) is 2.23. The van der Waals surface area contributed by atoms with Crippen LogP contribution in [-0.4, -0.2) is 24.9 Å². The summed E-state index contributed by atoms with van der Waals surface area (Å²) in [6.45, 7) is 6.09. The topological polar surface area (TPSA) is 41.1 Å². The lowest BCUT2D eigenvalue weighted by molar-refractivity contribution is -0.109. The maximum Gasteiger partial charge on any atom is 0.207 e. The van der Waals surface area contributed by atoms with Gasteiger partial charge in [-0.25, -0.2) is 0 Å². The second kappa shape index (κ2) is 8.38. The van der Waals surface area contributed by atoms with Gasteiger partial charge in [0.15, 0.2) is 0 Å². The first-order valence-corrected chi connectivity index (χ1v) is 5.44. The lowest BCUT2D eigenvalue weighted by atomic mass is 9.98. The van der Waals surface area contributed by atoms with Crippen LogP contribution in [0.2, 0.25) is 0 Å². The minimum Gasteiger partial charge on any atom is -0.347 e. The SMILES string of the molecule is CC.O=CNC(S)C1CCNCC1. The van der Waals surface area contributed by atoms with Gasteiger partial charge >= 0.3 is 0 Å². The van der Waals surface area contributed by atoms with E-state index in [0.717, 1.165) is 32.3 Å². The van der Waals surface area contributed by atoms with Crippen LogP contribution in [0.3, 0.4) is 0 Å². The minimum atomic E-state index is 0.0367. The fraction of sp³-hybridized carbons (Fsp3) is 0.889. The van der Waals surface area contributed by atoms with Crippen molar-refractivity contribution in [2.24, 2.45) is 5.92 Å². The van der Waals surface area contributed by atoms with Crippen molar-refractivity contribution in [1.82, 2.24) is 10.6 Å². The Labute approximate surface area is 86.1 Å². The van der Waals surface area contributed by atoms with E-state index < -0.39 is 0 Å². The Bertz CT molecular complexity index is 127.